The molecule has 0 aliphatic rings. The Balaban J connectivity index is 0.00000512. The van der Waals surface area contributed by atoms with Gasteiger partial charge in [0, 0.05) is 0 Å². The summed E-state index contributed by atoms with van der Waals surface area (Å²) in [5, 5.41) is 9.61. The first-order chi connectivity index (χ1) is 14.7. The van der Waals surface area contributed by atoms with E-state index < -0.39 is 22.0 Å². The molecule has 0 heterocycles. The van der Waals surface area contributed by atoms with Gasteiger partial charge in [-0.15, -0.1) is 0 Å². The molecule has 0 aromatic heterocycles. The largest absolute Gasteiger partial charge is 1.00 e. The minimum Gasteiger partial charge on any atom is -0.744 e. The first kappa shape index (κ1) is 28.6. The summed E-state index contributed by atoms with van der Waals surface area (Å²) in [6, 6.07) is 16.1. The first-order valence-electron chi connectivity index (χ1n) is 10.7. The van der Waals surface area contributed by atoms with Crippen LogP contribution in [0.5, 0.6) is 0 Å². The molecule has 0 saturated heterocycles. The Bertz CT molecular complexity index is 956. The van der Waals surface area contributed by atoms with Gasteiger partial charge in [0.1, 0.15) is 10.1 Å². The Kier molecular flexibility index (Phi) is 12.5. The van der Waals surface area contributed by atoms with E-state index in [4.69, 9.17) is 0 Å². The van der Waals surface area contributed by atoms with Crippen LogP contribution in [-0.2, 0) is 14.9 Å². The molecule has 168 valence electrons. The smallest absolute Gasteiger partial charge is 0.744 e. The van der Waals surface area contributed by atoms with Crippen molar-refractivity contribution in [2.75, 3.05) is 0 Å². The quantitative estimate of drug-likeness (QED) is 0.295. The maximum Gasteiger partial charge on any atom is 1.00 e. The Morgan fingerprint density at radius 3 is 2.19 bits per heavy atom. The standard InChI is InChI=1S/C25H32O5S.Na/c1-3-20(22-11-7-5-8-12-22)10-6-4-9-13-23(25(26)27)18-19(2)21-14-16-24(17-15-21)31(28,29)30;/h4-8,11-12,14-17,19-20,23H,3,9-10,13,18H2,1-2H3,(H,26,27)(H,28,29,30);/q;+1/p-1. The zero-order valence-electron chi connectivity index (χ0n) is 19.1. The fourth-order valence-electron chi connectivity index (χ4n) is 3.81. The normalized spacial score (nSPS) is 14.5. The predicted molar refractivity (Wildman–Crippen MR) is 121 cm³/mol. The SMILES string of the molecule is CCC(CC=CCCC(CC(C)c1ccc(S(=O)(=O)[O-])cc1)C(=O)O)c1ccccc1.[Na+]. The molecule has 2 aromatic carbocycles. The molecule has 1 N–H and O–H groups in total. The summed E-state index contributed by atoms with van der Waals surface area (Å²) < 4.78 is 33.2. The third-order valence-electron chi connectivity index (χ3n) is 5.76. The minimum atomic E-state index is -4.48. The fourth-order valence-corrected chi connectivity index (χ4v) is 4.28. The molecule has 3 unspecified atom stereocenters. The molecule has 2 aromatic rings. The van der Waals surface area contributed by atoms with Crippen molar-refractivity contribution < 1.29 is 52.4 Å². The number of rotatable bonds is 12. The molecule has 0 saturated carbocycles. The molecular formula is C25H31NaO5S. The van der Waals surface area contributed by atoms with Crippen LogP contribution < -0.4 is 29.6 Å². The van der Waals surface area contributed by atoms with Crippen LogP contribution in [0.4, 0.5) is 0 Å². The molecule has 3 atom stereocenters. The van der Waals surface area contributed by atoms with Crippen molar-refractivity contribution in [1.82, 2.24) is 0 Å². The molecule has 32 heavy (non-hydrogen) atoms. The van der Waals surface area contributed by atoms with E-state index in [1.165, 1.54) is 17.7 Å². The average molecular weight is 467 g/mol. The Labute approximate surface area is 214 Å². The van der Waals surface area contributed by atoms with Gasteiger partial charge in [-0.2, -0.15) is 0 Å². The number of carboxylic acids is 1. The second kappa shape index (κ2) is 14.0. The first-order valence-corrected chi connectivity index (χ1v) is 12.1. The van der Waals surface area contributed by atoms with Crippen LogP contribution in [-0.4, -0.2) is 24.0 Å². The van der Waals surface area contributed by atoms with Gasteiger partial charge in [0.05, 0.1) is 10.8 Å². The van der Waals surface area contributed by atoms with Gasteiger partial charge in [-0.1, -0.05) is 68.5 Å². The van der Waals surface area contributed by atoms with Crippen LogP contribution in [0, 0.1) is 5.92 Å². The summed E-state index contributed by atoms with van der Waals surface area (Å²) in [6.45, 7) is 4.09. The van der Waals surface area contributed by atoms with Crippen LogP contribution in [0.25, 0.3) is 0 Å². The van der Waals surface area contributed by atoms with Crippen LogP contribution in [0.3, 0.4) is 0 Å². The van der Waals surface area contributed by atoms with E-state index in [1.54, 1.807) is 12.1 Å². The Morgan fingerprint density at radius 1 is 1.03 bits per heavy atom. The van der Waals surface area contributed by atoms with Crippen LogP contribution >= 0.6 is 0 Å². The summed E-state index contributed by atoms with van der Waals surface area (Å²) in [4.78, 5) is 11.4. The number of carboxylic acid groups (broad SMARTS) is 1. The summed E-state index contributed by atoms with van der Waals surface area (Å²) in [7, 11) is -4.48. The second-order valence-electron chi connectivity index (χ2n) is 8.00. The van der Waals surface area contributed by atoms with Gasteiger partial charge in [-0.25, -0.2) is 8.42 Å². The summed E-state index contributed by atoms with van der Waals surface area (Å²) >= 11 is 0. The van der Waals surface area contributed by atoms with Gasteiger partial charge in [-0.05, 0) is 67.2 Å². The Morgan fingerprint density at radius 2 is 1.66 bits per heavy atom. The zero-order valence-corrected chi connectivity index (χ0v) is 21.9. The Hall–Kier alpha value is -1.44. The summed E-state index contributed by atoms with van der Waals surface area (Å²) in [5.74, 6) is -0.905. The molecule has 5 nitrogen and oxygen atoms in total. The zero-order chi connectivity index (χ0) is 22.9. The minimum absolute atomic E-state index is 0. The second-order valence-corrected chi connectivity index (χ2v) is 9.38. The third-order valence-corrected chi connectivity index (χ3v) is 6.61. The third kappa shape index (κ3) is 9.20. The van der Waals surface area contributed by atoms with E-state index in [0.717, 1.165) is 18.4 Å². The van der Waals surface area contributed by atoms with E-state index in [0.29, 0.717) is 25.2 Å². The van der Waals surface area contributed by atoms with E-state index >= 15 is 0 Å². The van der Waals surface area contributed by atoms with Crippen LogP contribution in [0.2, 0.25) is 0 Å². The van der Waals surface area contributed by atoms with Gasteiger partial charge in [0.2, 0.25) is 0 Å². The van der Waals surface area contributed by atoms with E-state index in [2.05, 4.69) is 31.2 Å². The van der Waals surface area contributed by atoms with Gasteiger partial charge in [0.15, 0.2) is 0 Å². The molecule has 0 spiro atoms. The van der Waals surface area contributed by atoms with Crippen LogP contribution in [0.1, 0.15) is 68.9 Å². The van der Waals surface area contributed by atoms with Crippen molar-refractivity contribution in [1.29, 1.82) is 0 Å². The molecule has 0 bridgehead atoms. The topological polar surface area (TPSA) is 94.5 Å². The van der Waals surface area contributed by atoms with E-state index in [9.17, 15) is 22.9 Å². The molecule has 2 rings (SSSR count). The van der Waals surface area contributed by atoms with Crippen molar-refractivity contribution in [3.63, 3.8) is 0 Å². The molecule has 0 aliphatic carbocycles. The monoisotopic (exact) mass is 466 g/mol. The van der Waals surface area contributed by atoms with Crippen molar-refractivity contribution in [2.45, 2.75) is 62.7 Å². The van der Waals surface area contributed by atoms with Gasteiger partial charge >= 0.3 is 35.5 Å². The number of hydrogen-bond donors (Lipinski definition) is 1. The summed E-state index contributed by atoms with van der Waals surface area (Å²) in [5.41, 5.74) is 2.14. The number of aliphatic carboxylic acids is 1. The fraction of sp³-hybridized carbons (Fsp3) is 0.400. The maximum absolute atomic E-state index is 11.7. The van der Waals surface area contributed by atoms with Crippen molar-refractivity contribution in [3.05, 3.63) is 77.9 Å². The number of benzene rings is 2. The molecular weight excluding hydrogens is 435 g/mol. The maximum atomic E-state index is 11.7. The molecule has 0 fully saturated rings. The average Bonchev–Trinajstić information content (AvgIpc) is 2.75. The predicted octanol–water partition coefficient (Wildman–Crippen LogP) is 2.71. The summed E-state index contributed by atoms with van der Waals surface area (Å²) in [6.07, 6.45) is 7.90. The van der Waals surface area contributed by atoms with Crippen molar-refractivity contribution in [2.24, 2.45) is 5.92 Å². The van der Waals surface area contributed by atoms with Crippen molar-refractivity contribution >= 4 is 16.1 Å². The number of carbonyl (C=O) groups is 1. The molecule has 0 radical (unpaired) electrons. The van der Waals surface area contributed by atoms with Gasteiger partial charge in [-0.3, -0.25) is 4.79 Å². The van der Waals surface area contributed by atoms with Crippen molar-refractivity contribution in [3.8, 4) is 0 Å². The number of hydrogen-bond acceptors (Lipinski definition) is 4. The molecule has 7 heteroatoms. The number of allylic oxidation sites excluding steroid dienone is 2. The molecule has 0 amide bonds. The van der Waals surface area contributed by atoms with E-state index in [1.807, 2.05) is 25.1 Å². The van der Waals surface area contributed by atoms with E-state index in [-0.39, 0.29) is 40.4 Å². The molecule has 0 aliphatic heterocycles. The van der Waals surface area contributed by atoms with Gasteiger partial charge < -0.3 is 9.66 Å². The van der Waals surface area contributed by atoms with Gasteiger partial charge in [0.25, 0.3) is 0 Å². The van der Waals surface area contributed by atoms with Crippen LogP contribution in [0.15, 0.2) is 71.6 Å².